The first-order valence-electron chi connectivity index (χ1n) is 8.50. The van der Waals surface area contributed by atoms with Crippen LogP contribution in [0.4, 0.5) is 9.93 Å². The van der Waals surface area contributed by atoms with E-state index in [0.717, 1.165) is 15.3 Å². The van der Waals surface area contributed by atoms with E-state index < -0.39 is 29.9 Å². The zero-order chi connectivity index (χ0) is 19.6. The van der Waals surface area contributed by atoms with Gasteiger partial charge in [0, 0.05) is 11.1 Å². The van der Waals surface area contributed by atoms with Gasteiger partial charge < -0.3 is 16.2 Å². The van der Waals surface area contributed by atoms with E-state index in [9.17, 15) is 19.5 Å². The molecule has 1 aromatic carbocycles. The van der Waals surface area contributed by atoms with E-state index in [1.54, 1.807) is 13.1 Å². The molecule has 9 heteroatoms. The van der Waals surface area contributed by atoms with Crippen molar-refractivity contribution in [2.75, 3.05) is 5.73 Å². The number of β-lactam (4-membered cyclic amide) rings is 1. The van der Waals surface area contributed by atoms with E-state index >= 15 is 0 Å². The van der Waals surface area contributed by atoms with Crippen LogP contribution in [-0.4, -0.2) is 38.9 Å². The largest absolute Gasteiger partial charge is 0.480 e. The van der Waals surface area contributed by atoms with Gasteiger partial charge in [0.25, 0.3) is 0 Å². The maximum absolute atomic E-state index is 12.5. The number of imide groups is 1. The maximum atomic E-state index is 12.5. The molecule has 3 atom stereocenters. The lowest BCUT2D eigenvalue weighted by Crippen LogP contribution is -2.68. The van der Waals surface area contributed by atoms with Crippen molar-refractivity contribution in [2.45, 2.75) is 31.8 Å². The van der Waals surface area contributed by atoms with Crippen LogP contribution in [0.3, 0.4) is 0 Å². The van der Waals surface area contributed by atoms with Crippen molar-refractivity contribution in [1.29, 1.82) is 0 Å². The molecule has 1 saturated heterocycles. The quantitative estimate of drug-likeness (QED) is 0.650. The Bertz CT molecular complexity index is 854. The Balaban J connectivity index is 1.64. The fourth-order valence-corrected chi connectivity index (χ4v) is 3.85. The van der Waals surface area contributed by atoms with E-state index in [1.807, 2.05) is 30.3 Å². The lowest BCUT2D eigenvalue weighted by atomic mass is 9.83. The molecule has 8 nitrogen and oxygen atoms in total. The smallest absolute Gasteiger partial charge is 0.327 e. The molecule has 0 bridgehead atoms. The molecule has 3 unspecified atom stereocenters. The molecule has 1 aliphatic rings. The number of amides is 3. The SMILES string of the molecule is CC(NC(=O)N1C(=O)C(CCc2cnc(N)s2)C1C(=O)O)c1ccccc1. The first-order chi connectivity index (χ1) is 12.9. The van der Waals surface area contributed by atoms with Crippen LogP contribution in [0, 0.1) is 5.92 Å². The monoisotopic (exact) mass is 388 g/mol. The summed E-state index contributed by atoms with van der Waals surface area (Å²) in [5, 5.41) is 12.6. The van der Waals surface area contributed by atoms with Crippen LogP contribution in [0.25, 0.3) is 0 Å². The van der Waals surface area contributed by atoms with Crippen LogP contribution in [0.2, 0.25) is 0 Å². The Kier molecular flexibility index (Phi) is 5.41. The highest BCUT2D eigenvalue weighted by Crippen LogP contribution is 2.32. The average Bonchev–Trinajstić information content (AvgIpc) is 3.05. The molecule has 2 heterocycles. The Morgan fingerprint density at radius 3 is 2.67 bits per heavy atom. The number of nitrogen functional groups attached to an aromatic ring is 1. The molecule has 1 aliphatic heterocycles. The van der Waals surface area contributed by atoms with Crippen molar-refractivity contribution >= 4 is 34.4 Å². The van der Waals surface area contributed by atoms with Gasteiger partial charge in [-0.15, -0.1) is 11.3 Å². The Labute approximate surface area is 160 Å². The minimum atomic E-state index is -1.19. The summed E-state index contributed by atoms with van der Waals surface area (Å²) >= 11 is 1.30. The van der Waals surface area contributed by atoms with E-state index in [2.05, 4.69) is 10.3 Å². The number of urea groups is 1. The molecular weight excluding hydrogens is 368 g/mol. The Morgan fingerprint density at radius 2 is 2.07 bits per heavy atom. The summed E-state index contributed by atoms with van der Waals surface area (Å²) in [7, 11) is 0. The van der Waals surface area contributed by atoms with Crippen LogP contribution in [0.1, 0.15) is 29.8 Å². The number of carbonyl (C=O) groups is 3. The van der Waals surface area contributed by atoms with Gasteiger partial charge in [0.2, 0.25) is 5.91 Å². The number of hydrogen-bond acceptors (Lipinski definition) is 6. The molecule has 0 saturated carbocycles. The molecule has 0 radical (unpaired) electrons. The van der Waals surface area contributed by atoms with E-state index in [-0.39, 0.29) is 6.04 Å². The number of rotatable bonds is 6. The molecular formula is C18H20N4O4S. The van der Waals surface area contributed by atoms with Crippen molar-refractivity contribution in [3.63, 3.8) is 0 Å². The summed E-state index contributed by atoms with van der Waals surface area (Å²) < 4.78 is 0. The van der Waals surface area contributed by atoms with Gasteiger partial charge in [-0.2, -0.15) is 0 Å². The summed E-state index contributed by atoms with van der Waals surface area (Å²) in [5.74, 6) is -2.40. The number of likely N-dealkylation sites (tertiary alicyclic amines) is 1. The molecule has 27 heavy (non-hydrogen) atoms. The second kappa shape index (κ2) is 7.75. The average molecular weight is 388 g/mol. The topological polar surface area (TPSA) is 126 Å². The highest BCUT2D eigenvalue weighted by molar-refractivity contribution is 7.15. The number of carboxylic acid groups (broad SMARTS) is 1. The third-order valence-electron chi connectivity index (χ3n) is 4.60. The van der Waals surface area contributed by atoms with Crippen molar-refractivity contribution < 1.29 is 19.5 Å². The highest BCUT2D eigenvalue weighted by Gasteiger charge is 2.54. The number of carboxylic acids is 1. The summed E-state index contributed by atoms with van der Waals surface area (Å²) in [6, 6.07) is 7.04. The maximum Gasteiger partial charge on any atom is 0.327 e. The summed E-state index contributed by atoms with van der Waals surface area (Å²) in [6.07, 6.45) is 2.44. The standard InChI is InChI=1S/C18H20N4O4S/c1-10(11-5-3-2-4-6-11)21-18(26)22-14(16(24)25)13(15(22)23)8-7-12-9-20-17(19)27-12/h2-6,9-10,13-14H,7-8H2,1H3,(H2,19,20)(H,21,26)(H,24,25). The number of nitrogens with zero attached hydrogens (tertiary/aromatic N) is 2. The van der Waals surface area contributed by atoms with Crippen molar-refractivity contribution in [3.05, 3.63) is 47.0 Å². The van der Waals surface area contributed by atoms with Gasteiger partial charge >= 0.3 is 12.0 Å². The Morgan fingerprint density at radius 1 is 1.37 bits per heavy atom. The molecule has 3 rings (SSSR count). The van der Waals surface area contributed by atoms with Crippen LogP contribution >= 0.6 is 11.3 Å². The molecule has 2 aromatic rings. The normalized spacial score (nSPS) is 20.0. The number of aromatic nitrogens is 1. The van der Waals surface area contributed by atoms with E-state index in [4.69, 9.17) is 5.73 Å². The molecule has 142 valence electrons. The fraction of sp³-hybridized carbons (Fsp3) is 0.333. The first-order valence-corrected chi connectivity index (χ1v) is 9.31. The predicted octanol–water partition coefficient (Wildman–Crippen LogP) is 2.04. The molecule has 1 aromatic heterocycles. The van der Waals surface area contributed by atoms with Gasteiger partial charge in [-0.05, 0) is 25.3 Å². The number of anilines is 1. The van der Waals surface area contributed by atoms with Crippen LogP contribution in [0.15, 0.2) is 36.5 Å². The number of nitrogens with one attached hydrogen (secondary N) is 1. The molecule has 0 spiro atoms. The molecule has 1 fully saturated rings. The molecule has 0 aliphatic carbocycles. The number of nitrogens with two attached hydrogens (primary N) is 1. The lowest BCUT2D eigenvalue weighted by Gasteiger charge is -2.43. The summed E-state index contributed by atoms with van der Waals surface area (Å²) in [4.78, 5) is 42.1. The van der Waals surface area contributed by atoms with Gasteiger partial charge in [0.15, 0.2) is 11.2 Å². The number of carbonyl (C=O) groups excluding carboxylic acids is 2. The number of aliphatic carboxylic acids is 1. The number of thiazole rings is 1. The van der Waals surface area contributed by atoms with E-state index in [1.165, 1.54) is 11.3 Å². The predicted molar refractivity (Wildman–Crippen MR) is 100.0 cm³/mol. The van der Waals surface area contributed by atoms with Gasteiger partial charge in [-0.3, -0.25) is 4.79 Å². The van der Waals surface area contributed by atoms with E-state index in [0.29, 0.717) is 18.0 Å². The second-order valence-corrected chi connectivity index (χ2v) is 7.53. The van der Waals surface area contributed by atoms with Gasteiger partial charge in [0.1, 0.15) is 0 Å². The first kappa shape index (κ1) is 18.8. The van der Waals surface area contributed by atoms with Crippen LogP contribution in [-0.2, 0) is 16.0 Å². The Hall–Kier alpha value is -2.94. The lowest BCUT2D eigenvalue weighted by molar-refractivity contribution is -0.166. The third kappa shape index (κ3) is 3.92. The van der Waals surface area contributed by atoms with Gasteiger partial charge in [0.05, 0.1) is 12.0 Å². The van der Waals surface area contributed by atoms with Gasteiger partial charge in [-0.1, -0.05) is 30.3 Å². The summed E-state index contributed by atoms with van der Waals surface area (Å²) in [6.45, 7) is 1.78. The minimum absolute atomic E-state index is 0.329. The van der Waals surface area contributed by atoms with Crippen LogP contribution in [0.5, 0.6) is 0 Å². The number of benzene rings is 1. The van der Waals surface area contributed by atoms with Crippen molar-refractivity contribution in [2.24, 2.45) is 5.92 Å². The number of hydrogen-bond donors (Lipinski definition) is 3. The zero-order valence-electron chi connectivity index (χ0n) is 14.7. The van der Waals surface area contributed by atoms with Crippen molar-refractivity contribution in [1.82, 2.24) is 15.2 Å². The van der Waals surface area contributed by atoms with Crippen LogP contribution < -0.4 is 11.1 Å². The molecule has 4 N–H and O–H groups in total. The minimum Gasteiger partial charge on any atom is -0.480 e. The highest BCUT2D eigenvalue weighted by atomic mass is 32.1. The molecule has 3 amide bonds. The number of aryl methyl sites for hydroxylation is 1. The third-order valence-corrected chi connectivity index (χ3v) is 5.48. The fourth-order valence-electron chi connectivity index (χ4n) is 3.15. The summed E-state index contributed by atoms with van der Waals surface area (Å²) in [5.41, 5.74) is 6.44. The van der Waals surface area contributed by atoms with Gasteiger partial charge in [-0.25, -0.2) is 19.5 Å². The second-order valence-electron chi connectivity index (χ2n) is 6.38. The zero-order valence-corrected chi connectivity index (χ0v) is 15.5. The van der Waals surface area contributed by atoms with Crippen molar-refractivity contribution in [3.8, 4) is 0 Å².